The lowest BCUT2D eigenvalue weighted by atomic mass is 10.2. The second-order valence-corrected chi connectivity index (χ2v) is 4.44. The molecule has 0 heterocycles. The van der Waals surface area contributed by atoms with Gasteiger partial charge in [0.15, 0.2) is 0 Å². The molecule has 1 aliphatic carbocycles. The van der Waals surface area contributed by atoms with Crippen LogP contribution in [0, 0.1) is 10.1 Å². The van der Waals surface area contributed by atoms with E-state index in [4.69, 9.17) is 4.74 Å². The fourth-order valence-electron chi connectivity index (χ4n) is 1.93. The average molecular weight is 264 g/mol. The van der Waals surface area contributed by atoms with E-state index in [9.17, 15) is 14.9 Å². The number of hydrogen-bond acceptors (Lipinski definition) is 5. The summed E-state index contributed by atoms with van der Waals surface area (Å²) in [6.07, 6.45) is 2.08. The Kier molecular flexibility index (Phi) is 3.99. The Balaban J connectivity index is 2.10. The number of nitrogens with zero attached hydrogens (tertiary/aromatic N) is 2. The van der Waals surface area contributed by atoms with Crippen LogP contribution in [0.25, 0.3) is 0 Å². The number of nitro groups is 1. The summed E-state index contributed by atoms with van der Waals surface area (Å²) < 4.78 is 4.94. The van der Waals surface area contributed by atoms with Crippen molar-refractivity contribution in [2.45, 2.75) is 25.8 Å². The first kappa shape index (κ1) is 13.3. The largest absolute Gasteiger partial charge is 0.465 e. The molecule has 0 radical (unpaired) electrons. The third kappa shape index (κ3) is 3.43. The highest BCUT2D eigenvalue weighted by Crippen LogP contribution is 2.32. The Morgan fingerprint density at radius 3 is 2.53 bits per heavy atom. The van der Waals surface area contributed by atoms with E-state index in [0.29, 0.717) is 12.6 Å². The molecule has 0 aromatic heterocycles. The molecule has 0 unspecified atom stereocenters. The normalized spacial score (nSPS) is 13.9. The number of carbonyl (C=O) groups is 1. The second kappa shape index (κ2) is 5.69. The fraction of sp³-hybridized carbons (Fsp3) is 0.462. The fourth-order valence-corrected chi connectivity index (χ4v) is 1.93. The van der Waals surface area contributed by atoms with Gasteiger partial charge in [-0.25, -0.2) is 0 Å². The van der Waals surface area contributed by atoms with E-state index < -0.39 is 4.92 Å². The van der Waals surface area contributed by atoms with Crippen LogP contribution in [-0.2, 0) is 9.53 Å². The van der Waals surface area contributed by atoms with Crippen molar-refractivity contribution in [3.63, 3.8) is 0 Å². The third-order valence-electron chi connectivity index (χ3n) is 2.98. The van der Waals surface area contributed by atoms with Crippen molar-refractivity contribution >= 4 is 17.3 Å². The summed E-state index contributed by atoms with van der Waals surface area (Å²) in [4.78, 5) is 23.7. The highest BCUT2D eigenvalue weighted by atomic mass is 16.6. The smallest absolute Gasteiger partial charge is 0.325 e. The van der Waals surface area contributed by atoms with Gasteiger partial charge >= 0.3 is 5.97 Å². The average Bonchev–Trinajstić information content (AvgIpc) is 3.21. The number of nitro benzene ring substituents is 1. The topological polar surface area (TPSA) is 72.7 Å². The van der Waals surface area contributed by atoms with Crippen molar-refractivity contribution in [3.05, 3.63) is 34.4 Å². The van der Waals surface area contributed by atoms with E-state index >= 15 is 0 Å². The highest BCUT2D eigenvalue weighted by Gasteiger charge is 2.31. The number of carbonyl (C=O) groups excluding carboxylic acids is 1. The van der Waals surface area contributed by atoms with Crippen molar-refractivity contribution in [1.29, 1.82) is 0 Å². The molecule has 102 valence electrons. The van der Waals surface area contributed by atoms with Crippen LogP contribution in [0.3, 0.4) is 0 Å². The standard InChI is InChI=1S/C13H16N2O4/c1-2-19-13(16)9-14(10-3-4-10)11-5-7-12(8-6-11)15(17)18/h5-8,10H,2-4,9H2,1H3. The SMILES string of the molecule is CCOC(=O)CN(c1ccc([N+](=O)[O-])cc1)C1CC1. The van der Waals surface area contributed by atoms with Crippen LogP contribution in [0.5, 0.6) is 0 Å². The molecule has 0 bridgehead atoms. The molecule has 1 fully saturated rings. The number of rotatable bonds is 6. The zero-order chi connectivity index (χ0) is 13.8. The molecular formula is C13H16N2O4. The van der Waals surface area contributed by atoms with E-state index in [1.165, 1.54) is 12.1 Å². The Morgan fingerprint density at radius 2 is 2.05 bits per heavy atom. The first-order valence-electron chi connectivity index (χ1n) is 6.28. The lowest BCUT2D eigenvalue weighted by Crippen LogP contribution is -2.32. The first-order chi connectivity index (χ1) is 9.11. The first-order valence-corrected chi connectivity index (χ1v) is 6.28. The lowest BCUT2D eigenvalue weighted by Gasteiger charge is -2.23. The molecule has 6 heteroatoms. The van der Waals surface area contributed by atoms with Gasteiger partial charge in [0.05, 0.1) is 11.5 Å². The monoisotopic (exact) mass is 264 g/mol. The molecule has 1 aliphatic rings. The van der Waals surface area contributed by atoms with Crippen LogP contribution < -0.4 is 4.90 Å². The maximum atomic E-state index is 11.6. The van der Waals surface area contributed by atoms with Crippen LogP contribution in [-0.4, -0.2) is 30.1 Å². The Bertz CT molecular complexity index is 468. The highest BCUT2D eigenvalue weighted by molar-refractivity contribution is 5.76. The molecule has 0 spiro atoms. The van der Waals surface area contributed by atoms with Gasteiger partial charge in [-0.3, -0.25) is 14.9 Å². The summed E-state index contributed by atoms with van der Waals surface area (Å²) in [6.45, 7) is 2.32. The molecule has 0 aliphatic heterocycles. The quantitative estimate of drug-likeness (QED) is 0.447. The summed E-state index contributed by atoms with van der Waals surface area (Å²) in [5.74, 6) is -0.271. The number of benzene rings is 1. The van der Waals surface area contributed by atoms with Crippen LogP contribution in [0.2, 0.25) is 0 Å². The summed E-state index contributed by atoms with van der Waals surface area (Å²) in [6, 6.07) is 6.60. The summed E-state index contributed by atoms with van der Waals surface area (Å²) in [5, 5.41) is 10.6. The molecular weight excluding hydrogens is 248 g/mol. The number of ether oxygens (including phenoxy) is 1. The van der Waals surface area contributed by atoms with Gasteiger partial charge in [0.25, 0.3) is 5.69 Å². The summed E-state index contributed by atoms with van der Waals surface area (Å²) in [7, 11) is 0. The Morgan fingerprint density at radius 1 is 1.42 bits per heavy atom. The molecule has 1 aromatic rings. The van der Waals surface area contributed by atoms with Gasteiger partial charge in [0.2, 0.25) is 0 Å². The van der Waals surface area contributed by atoms with E-state index in [0.717, 1.165) is 18.5 Å². The molecule has 6 nitrogen and oxygen atoms in total. The van der Waals surface area contributed by atoms with Gasteiger partial charge in [-0.05, 0) is 31.9 Å². The maximum Gasteiger partial charge on any atom is 0.325 e. The maximum absolute atomic E-state index is 11.6. The minimum Gasteiger partial charge on any atom is -0.465 e. The van der Waals surface area contributed by atoms with Crippen LogP contribution in [0.4, 0.5) is 11.4 Å². The predicted octanol–water partition coefficient (Wildman–Crippen LogP) is 2.13. The van der Waals surface area contributed by atoms with E-state index in [2.05, 4.69) is 0 Å². The predicted molar refractivity (Wildman–Crippen MR) is 70.1 cm³/mol. The molecule has 0 atom stereocenters. The molecule has 0 N–H and O–H groups in total. The van der Waals surface area contributed by atoms with Gasteiger partial charge < -0.3 is 9.64 Å². The molecule has 1 aromatic carbocycles. The van der Waals surface area contributed by atoms with Gasteiger partial charge in [-0.1, -0.05) is 0 Å². The second-order valence-electron chi connectivity index (χ2n) is 4.44. The van der Waals surface area contributed by atoms with E-state index in [1.54, 1.807) is 19.1 Å². The minimum atomic E-state index is -0.434. The zero-order valence-electron chi connectivity index (χ0n) is 10.7. The third-order valence-corrected chi connectivity index (χ3v) is 2.98. The molecule has 0 amide bonds. The Labute approximate surface area is 111 Å². The van der Waals surface area contributed by atoms with Gasteiger partial charge in [0.1, 0.15) is 6.54 Å². The number of non-ortho nitro benzene ring substituents is 1. The number of esters is 1. The zero-order valence-corrected chi connectivity index (χ0v) is 10.7. The van der Waals surface area contributed by atoms with Crippen molar-refractivity contribution < 1.29 is 14.5 Å². The van der Waals surface area contributed by atoms with Gasteiger partial charge in [-0.2, -0.15) is 0 Å². The van der Waals surface area contributed by atoms with Crippen molar-refractivity contribution in [1.82, 2.24) is 0 Å². The van der Waals surface area contributed by atoms with Crippen molar-refractivity contribution in [2.75, 3.05) is 18.1 Å². The van der Waals surface area contributed by atoms with Crippen LogP contribution in [0.15, 0.2) is 24.3 Å². The van der Waals surface area contributed by atoms with Crippen molar-refractivity contribution in [2.24, 2.45) is 0 Å². The molecule has 1 saturated carbocycles. The van der Waals surface area contributed by atoms with Crippen molar-refractivity contribution in [3.8, 4) is 0 Å². The van der Waals surface area contributed by atoms with Crippen LogP contribution >= 0.6 is 0 Å². The van der Waals surface area contributed by atoms with E-state index in [1.807, 2.05) is 4.90 Å². The Hall–Kier alpha value is -2.11. The number of anilines is 1. The minimum absolute atomic E-state index is 0.0515. The van der Waals surface area contributed by atoms with E-state index in [-0.39, 0.29) is 18.2 Å². The molecule has 0 saturated heterocycles. The number of hydrogen-bond donors (Lipinski definition) is 0. The summed E-state index contributed by atoms with van der Waals surface area (Å²) >= 11 is 0. The lowest BCUT2D eigenvalue weighted by molar-refractivity contribution is -0.384. The van der Waals surface area contributed by atoms with Crippen LogP contribution in [0.1, 0.15) is 19.8 Å². The summed E-state index contributed by atoms with van der Waals surface area (Å²) in [5.41, 5.74) is 0.872. The molecule has 19 heavy (non-hydrogen) atoms. The molecule has 2 rings (SSSR count). The van der Waals surface area contributed by atoms with Gasteiger partial charge in [0, 0.05) is 23.9 Å². The van der Waals surface area contributed by atoms with Gasteiger partial charge in [-0.15, -0.1) is 0 Å².